The van der Waals surface area contributed by atoms with Gasteiger partial charge in [0.25, 0.3) is 0 Å². The Kier molecular flexibility index (Phi) is 3.02. The van der Waals surface area contributed by atoms with Crippen LogP contribution in [-0.2, 0) is 6.42 Å². The monoisotopic (exact) mass is 218 g/mol. The van der Waals surface area contributed by atoms with Gasteiger partial charge < -0.3 is 5.11 Å². The van der Waals surface area contributed by atoms with E-state index in [2.05, 4.69) is 15.9 Å². The molecule has 1 rings (SSSR count). The third-order valence-electron chi connectivity index (χ3n) is 1.40. The summed E-state index contributed by atoms with van der Waals surface area (Å²) >= 11 is 3.20. The van der Waals surface area contributed by atoms with Crippen LogP contribution in [0.25, 0.3) is 0 Å². The maximum atomic E-state index is 12.5. The smallest absolute Gasteiger partial charge is 0.124 e. The molecule has 11 heavy (non-hydrogen) atoms. The minimum absolute atomic E-state index is 0.0875. The van der Waals surface area contributed by atoms with E-state index in [4.69, 9.17) is 5.11 Å². The molecule has 0 fully saturated rings. The van der Waals surface area contributed by atoms with Gasteiger partial charge in [0.1, 0.15) is 5.82 Å². The van der Waals surface area contributed by atoms with Crippen molar-refractivity contribution < 1.29 is 9.50 Å². The van der Waals surface area contributed by atoms with Crippen LogP contribution < -0.4 is 0 Å². The molecular weight excluding hydrogens is 211 g/mol. The number of benzene rings is 1. The van der Waals surface area contributed by atoms with Crippen molar-refractivity contribution in [2.24, 2.45) is 0 Å². The normalized spacial score (nSPS) is 10.1. The van der Waals surface area contributed by atoms with E-state index >= 15 is 0 Å². The van der Waals surface area contributed by atoms with Crippen molar-refractivity contribution in [2.75, 3.05) is 6.61 Å². The fourth-order valence-corrected chi connectivity index (χ4v) is 1.39. The number of aliphatic hydroxyl groups excluding tert-OH is 1. The number of halogens is 2. The van der Waals surface area contributed by atoms with E-state index in [0.717, 1.165) is 5.56 Å². The van der Waals surface area contributed by atoms with Crippen molar-refractivity contribution in [3.8, 4) is 0 Å². The number of hydrogen-bond acceptors (Lipinski definition) is 1. The Morgan fingerprint density at radius 1 is 1.45 bits per heavy atom. The van der Waals surface area contributed by atoms with Crippen LogP contribution >= 0.6 is 15.9 Å². The Morgan fingerprint density at radius 2 is 2.18 bits per heavy atom. The molecule has 60 valence electrons. The molecule has 1 N–H and O–H groups in total. The van der Waals surface area contributed by atoms with E-state index < -0.39 is 0 Å². The van der Waals surface area contributed by atoms with Gasteiger partial charge in [-0.3, -0.25) is 0 Å². The molecule has 0 aliphatic heterocycles. The fraction of sp³-hybridized carbons (Fsp3) is 0.250. The minimum Gasteiger partial charge on any atom is -0.396 e. The molecule has 0 amide bonds. The zero-order valence-corrected chi connectivity index (χ0v) is 7.44. The molecule has 1 aromatic carbocycles. The number of hydrogen-bond donors (Lipinski definition) is 1. The van der Waals surface area contributed by atoms with Crippen molar-refractivity contribution in [3.63, 3.8) is 0 Å². The van der Waals surface area contributed by atoms with Crippen molar-refractivity contribution in [2.45, 2.75) is 6.42 Å². The first-order valence-corrected chi connectivity index (χ1v) is 4.08. The molecule has 0 atom stereocenters. The Bertz CT molecular complexity index is 250. The average Bonchev–Trinajstić information content (AvgIpc) is 1.95. The van der Waals surface area contributed by atoms with Crippen molar-refractivity contribution in [1.29, 1.82) is 0 Å². The van der Waals surface area contributed by atoms with Gasteiger partial charge in [-0.25, -0.2) is 4.39 Å². The zero-order chi connectivity index (χ0) is 8.27. The summed E-state index contributed by atoms with van der Waals surface area (Å²) in [6, 6.07) is 4.44. The first-order chi connectivity index (χ1) is 5.24. The second-order valence-electron chi connectivity index (χ2n) is 2.21. The molecule has 0 bridgehead atoms. The van der Waals surface area contributed by atoms with E-state index in [1.165, 1.54) is 12.1 Å². The molecule has 0 radical (unpaired) electrons. The molecule has 0 aliphatic carbocycles. The largest absolute Gasteiger partial charge is 0.396 e. The van der Waals surface area contributed by atoms with Crippen LogP contribution in [0.4, 0.5) is 4.39 Å². The lowest BCUT2D eigenvalue weighted by Crippen LogP contribution is -1.91. The maximum Gasteiger partial charge on any atom is 0.124 e. The molecule has 1 nitrogen and oxygen atoms in total. The van der Waals surface area contributed by atoms with Crippen LogP contribution in [0.3, 0.4) is 0 Å². The third-order valence-corrected chi connectivity index (χ3v) is 2.13. The zero-order valence-electron chi connectivity index (χ0n) is 5.85. The van der Waals surface area contributed by atoms with Gasteiger partial charge in [-0.05, 0) is 24.1 Å². The Labute approximate surface area is 73.0 Å². The fourth-order valence-electron chi connectivity index (χ4n) is 0.845. The van der Waals surface area contributed by atoms with E-state index in [9.17, 15) is 4.39 Å². The molecule has 0 heterocycles. The highest BCUT2D eigenvalue weighted by Crippen LogP contribution is 2.17. The first kappa shape index (κ1) is 8.68. The lowest BCUT2D eigenvalue weighted by molar-refractivity contribution is 0.299. The van der Waals surface area contributed by atoms with Crippen LogP contribution in [0.15, 0.2) is 22.7 Å². The molecule has 0 saturated carbocycles. The van der Waals surface area contributed by atoms with Gasteiger partial charge in [-0.1, -0.05) is 22.0 Å². The van der Waals surface area contributed by atoms with Gasteiger partial charge in [0.15, 0.2) is 0 Å². The third kappa shape index (κ3) is 2.27. The van der Waals surface area contributed by atoms with Crippen LogP contribution in [0.1, 0.15) is 5.56 Å². The number of aliphatic hydroxyl groups is 1. The van der Waals surface area contributed by atoms with E-state index in [1.807, 2.05) is 0 Å². The lowest BCUT2D eigenvalue weighted by Gasteiger charge is -2.00. The van der Waals surface area contributed by atoms with Crippen LogP contribution in [0, 0.1) is 5.82 Å². The van der Waals surface area contributed by atoms with Crippen molar-refractivity contribution in [1.82, 2.24) is 0 Å². The lowest BCUT2D eigenvalue weighted by atomic mass is 10.2. The summed E-state index contributed by atoms with van der Waals surface area (Å²) in [4.78, 5) is 0. The van der Waals surface area contributed by atoms with Crippen LogP contribution in [-0.4, -0.2) is 11.7 Å². The Morgan fingerprint density at radius 3 is 2.73 bits per heavy atom. The standard InChI is InChI=1S/C8H8BrFO/c9-8-5-7(10)2-1-6(8)3-4-11/h1-2,5,11H,3-4H2. The van der Waals surface area contributed by atoms with E-state index in [1.54, 1.807) is 6.07 Å². The summed E-state index contributed by atoms with van der Waals surface area (Å²) in [6.07, 6.45) is 0.556. The molecule has 1 aromatic rings. The SMILES string of the molecule is OCCc1ccc(F)cc1Br. The Hall–Kier alpha value is -0.410. The summed E-state index contributed by atoms with van der Waals surface area (Å²) in [5.74, 6) is -0.265. The second kappa shape index (κ2) is 3.83. The minimum atomic E-state index is -0.265. The van der Waals surface area contributed by atoms with Crippen molar-refractivity contribution >= 4 is 15.9 Å². The van der Waals surface area contributed by atoms with Gasteiger partial charge in [-0.2, -0.15) is 0 Å². The highest BCUT2D eigenvalue weighted by atomic mass is 79.9. The summed E-state index contributed by atoms with van der Waals surface area (Å²) in [6.45, 7) is 0.0875. The molecule has 0 aliphatic rings. The average molecular weight is 219 g/mol. The van der Waals surface area contributed by atoms with Crippen molar-refractivity contribution in [3.05, 3.63) is 34.1 Å². The van der Waals surface area contributed by atoms with Crippen LogP contribution in [0.5, 0.6) is 0 Å². The van der Waals surface area contributed by atoms with Gasteiger partial charge in [-0.15, -0.1) is 0 Å². The predicted molar refractivity (Wildman–Crippen MR) is 44.9 cm³/mol. The highest BCUT2D eigenvalue weighted by molar-refractivity contribution is 9.10. The number of rotatable bonds is 2. The molecular formula is C8H8BrFO. The molecule has 0 saturated heterocycles. The summed E-state index contributed by atoms with van der Waals surface area (Å²) in [5, 5.41) is 8.60. The Balaban J connectivity index is 2.90. The molecule has 0 unspecified atom stereocenters. The maximum absolute atomic E-state index is 12.5. The molecule has 3 heteroatoms. The van der Waals surface area contributed by atoms with Gasteiger partial charge in [0.2, 0.25) is 0 Å². The highest BCUT2D eigenvalue weighted by Gasteiger charge is 1.99. The quantitative estimate of drug-likeness (QED) is 0.807. The summed E-state index contributed by atoms with van der Waals surface area (Å²) in [5.41, 5.74) is 0.925. The second-order valence-corrected chi connectivity index (χ2v) is 3.06. The predicted octanol–water partition coefficient (Wildman–Crippen LogP) is 2.12. The molecule has 0 spiro atoms. The first-order valence-electron chi connectivity index (χ1n) is 3.29. The summed E-state index contributed by atoms with van der Waals surface area (Å²) < 4.78 is 13.2. The topological polar surface area (TPSA) is 20.2 Å². The summed E-state index contributed by atoms with van der Waals surface area (Å²) in [7, 11) is 0. The van der Waals surface area contributed by atoms with E-state index in [-0.39, 0.29) is 12.4 Å². The van der Waals surface area contributed by atoms with Gasteiger partial charge >= 0.3 is 0 Å². The van der Waals surface area contributed by atoms with E-state index in [0.29, 0.717) is 10.9 Å². The van der Waals surface area contributed by atoms with Gasteiger partial charge in [0, 0.05) is 11.1 Å². The van der Waals surface area contributed by atoms with Crippen LogP contribution in [0.2, 0.25) is 0 Å². The molecule has 0 aromatic heterocycles. The van der Waals surface area contributed by atoms with Gasteiger partial charge in [0.05, 0.1) is 0 Å².